The van der Waals surface area contributed by atoms with E-state index in [0.717, 1.165) is 11.6 Å². The van der Waals surface area contributed by atoms with Gasteiger partial charge in [0.15, 0.2) is 11.9 Å². The summed E-state index contributed by atoms with van der Waals surface area (Å²) in [6, 6.07) is 11.0. The summed E-state index contributed by atoms with van der Waals surface area (Å²) in [5, 5.41) is 22.4. The molecule has 1 aromatic heterocycles. The van der Waals surface area contributed by atoms with E-state index < -0.39 is 41.0 Å². The molecule has 0 aliphatic heterocycles. The van der Waals surface area contributed by atoms with Crippen LogP contribution in [0, 0.1) is 11.6 Å². The quantitative estimate of drug-likeness (QED) is 0.385. The van der Waals surface area contributed by atoms with E-state index in [2.05, 4.69) is 41.6 Å². The van der Waals surface area contributed by atoms with Crippen LogP contribution < -0.4 is 10.6 Å². The minimum atomic E-state index is -1.43. The maximum absolute atomic E-state index is 13.7. The van der Waals surface area contributed by atoms with Crippen LogP contribution in [-0.4, -0.2) is 33.2 Å². The predicted molar refractivity (Wildman–Crippen MR) is 133 cm³/mol. The van der Waals surface area contributed by atoms with Crippen LogP contribution in [0.3, 0.4) is 0 Å². The Kier molecular flexibility index (Phi) is 7.64. The molecule has 0 aliphatic carbocycles. The maximum Gasteiger partial charge on any atom is 0.254 e. The first-order valence-electron chi connectivity index (χ1n) is 11.6. The zero-order chi connectivity index (χ0) is 26.8. The van der Waals surface area contributed by atoms with E-state index in [4.69, 9.17) is 0 Å². The number of aliphatic hydroxyl groups excluding tert-OH is 1. The normalized spacial score (nSPS) is 13.7. The van der Waals surface area contributed by atoms with Gasteiger partial charge in [-0.1, -0.05) is 58.9 Å². The molecular formula is C27H32F2N4O3. The van der Waals surface area contributed by atoms with Crippen molar-refractivity contribution in [3.05, 3.63) is 82.5 Å². The van der Waals surface area contributed by atoms with E-state index in [0.29, 0.717) is 16.8 Å². The summed E-state index contributed by atoms with van der Waals surface area (Å²) in [6.07, 6.45) is -1.43. The monoisotopic (exact) mass is 498 g/mol. The molecule has 0 spiro atoms. The molecule has 0 aliphatic rings. The molecule has 3 rings (SSSR count). The fourth-order valence-corrected chi connectivity index (χ4v) is 3.69. The molecule has 2 aromatic carbocycles. The van der Waals surface area contributed by atoms with Crippen molar-refractivity contribution < 1.29 is 23.5 Å². The number of H-pyrrole nitrogens is 1. The van der Waals surface area contributed by atoms with E-state index in [1.54, 1.807) is 32.0 Å². The predicted octanol–water partition coefficient (Wildman–Crippen LogP) is 4.49. The van der Waals surface area contributed by atoms with Crippen LogP contribution in [0.1, 0.15) is 70.0 Å². The molecule has 0 bridgehead atoms. The maximum atomic E-state index is 13.7. The summed E-state index contributed by atoms with van der Waals surface area (Å²) in [7, 11) is 0. The third kappa shape index (κ3) is 6.15. The first-order chi connectivity index (χ1) is 16.7. The number of aliphatic hydroxyl groups is 1. The van der Waals surface area contributed by atoms with Crippen LogP contribution in [0.5, 0.6) is 0 Å². The second-order valence-corrected chi connectivity index (χ2v) is 10.4. The van der Waals surface area contributed by atoms with E-state index >= 15 is 0 Å². The van der Waals surface area contributed by atoms with E-state index in [1.807, 2.05) is 12.1 Å². The molecule has 1 heterocycles. The first-order valence-corrected chi connectivity index (χ1v) is 11.6. The highest BCUT2D eigenvalue weighted by Gasteiger charge is 2.28. The van der Waals surface area contributed by atoms with Gasteiger partial charge in [0.05, 0.1) is 0 Å². The zero-order valence-electron chi connectivity index (χ0n) is 21.2. The number of hydrogen-bond donors (Lipinski definition) is 4. The SMILES string of the molecule is C[C@H](NC(=O)[C@H](O)c1ccc(C(C)(C)C)cc1)C(=O)Nc1cc(C(C)(C)c2cc(F)cc(F)c2)[nH]n1. The van der Waals surface area contributed by atoms with Crippen molar-refractivity contribution in [2.24, 2.45) is 0 Å². The van der Waals surface area contributed by atoms with Gasteiger partial charge in [0.1, 0.15) is 17.7 Å². The topological polar surface area (TPSA) is 107 Å². The Morgan fingerprint density at radius 1 is 0.917 bits per heavy atom. The van der Waals surface area contributed by atoms with Gasteiger partial charge in [0.25, 0.3) is 5.91 Å². The van der Waals surface area contributed by atoms with Crippen molar-refractivity contribution in [3.63, 3.8) is 0 Å². The molecule has 36 heavy (non-hydrogen) atoms. The number of carbonyl (C=O) groups excluding carboxylic acids is 2. The molecule has 9 heteroatoms. The standard InChI is InChI=1S/C27H32F2N4O3/c1-15(30-25(36)23(34)16-7-9-17(10-8-16)26(2,3)4)24(35)31-22-14-21(32-33-22)27(5,6)18-11-19(28)13-20(29)12-18/h7-15,23,34H,1-6H3,(H,30,36)(H2,31,32,33,35)/t15-,23+/m0/s1. The lowest BCUT2D eigenvalue weighted by Gasteiger charge is -2.23. The second kappa shape index (κ2) is 10.2. The number of halogens is 2. The molecular weight excluding hydrogens is 466 g/mol. The Balaban J connectivity index is 1.63. The minimum Gasteiger partial charge on any atom is -0.378 e. The Hall–Kier alpha value is -3.59. The number of rotatable bonds is 7. The Morgan fingerprint density at radius 3 is 2.06 bits per heavy atom. The first kappa shape index (κ1) is 27.0. The molecule has 4 N–H and O–H groups in total. The van der Waals surface area contributed by atoms with Gasteiger partial charge in [-0.05, 0) is 41.2 Å². The average Bonchev–Trinajstić information content (AvgIpc) is 3.26. The highest BCUT2D eigenvalue weighted by molar-refractivity contribution is 5.97. The van der Waals surface area contributed by atoms with E-state index in [1.165, 1.54) is 19.1 Å². The van der Waals surface area contributed by atoms with Crippen LogP contribution >= 0.6 is 0 Å². The Bertz CT molecular complexity index is 1230. The number of nitrogens with one attached hydrogen (secondary N) is 3. The van der Waals surface area contributed by atoms with Crippen molar-refractivity contribution in [2.45, 2.75) is 64.5 Å². The van der Waals surface area contributed by atoms with Crippen molar-refractivity contribution in [3.8, 4) is 0 Å². The fraction of sp³-hybridized carbons (Fsp3) is 0.370. The van der Waals surface area contributed by atoms with Gasteiger partial charge in [-0.15, -0.1) is 0 Å². The number of anilines is 1. The molecule has 192 valence electrons. The second-order valence-electron chi connectivity index (χ2n) is 10.4. The average molecular weight is 499 g/mol. The summed E-state index contributed by atoms with van der Waals surface area (Å²) < 4.78 is 27.4. The van der Waals surface area contributed by atoms with Gasteiger partial charge < -0.3 is 15.7 Å². The Morgan fingerprint density at radius 2 is 1.50 bits per heavy atom. The van der Waals surface area contributed by atoms with Crippen LogP contribution in [0.25, 0.3) is 0 Å². The molecule has 2 atom stereocenters. The highest BCUT2D eigenvalue weighted by Crippen LogP contribution is 2.32. The lowest BCUT2D eigenvalue weighted by atomic mass is 9.81. The zero-order valence-corrected chi connectivity index (χ0v) is 21.2. The van der Waals surface area contributed by atoms with Crippen molar-refractivity contribution in [1.82, 2.24) is 15.5 Å². The molecule has 2 amide bonds. The number of aromatic amines is 1. The van der Waals surface area contributed by atoms with Crippen LogP contribution in [0.2, 0.25) is 0 Å². The highest BCUT2D eigenvalue weighted by atomic mass is 19.1. The smallest absolute Gasteiger partial charge is 0.254 e. The van der Waals surface area contributed by atoms with Crippen LogP contribution in [-0.2, 0) is 20.4 Å². The van der Waals surface area contributed by atoms with Crippen molar-refractivity contribution in [1.29, 1.82) is 0 Å². The number of carbonyl (C=O) groups is 2. The fourth-order valence-electron chi connectivity index (χ4n) is 3.69. The molecule has 0 unspecified atom stereocenters. The van der Waals surface area contributed by atoms with Gasteiger partial charge in [-0.3, -0.25) is 14.7 Å². The summed E-state index contributed by atoms with van der Waals surface area (Å²) in [5.74, 6) is -2.46. The van der Waals surface area contributed by atoms with Gasteiger partial charge in [0.2, 0.25) is 5.91 Å². The largest absolute Gasteiger partial charge is 0.378 e. The van der Waals surface area contributed by atoms with E-state index in [9.17, 15) is 23.5 Å². The Labute approximate surface area is 209 Å². The number of benzene rings is 2. The van der Waals surface area contributed by atoms with Crippen LogP contribution in [0.4, 0.5) is 14.6 Å². The van der Waals surface area contributed by atoms with Crippen molar-refractivity contribution >= 4 is 17.6 Å². The molecule has 0 saturated carbocycles. The number of nitrogens with zero attached hydrogens (tertiary/aromatic N) is 1. The number of aromatic nitrogens is 2. The lowest BCUT2D eigenvalue weighted by Crippen LogP contribution is -2.43. The van der Waals surface area contributed by atoms with Gasteiger partial charge in [-0.2, -0.15) is 5.10 Å². The van der Waals surface area contributed by atoms with Crippen LogP contribution in [0.15, 0.2) is 48.5 Å². The van der Waals surface area contributed by atoms with Gasteiger partial charge in [0, 0.05) is 23.2 Å². The molecule has 3 aromatic rings. The molecule has 7 nitrogen and oxygen atoms in total. The number of hydrogen-bond acceptors (Lipinski definition) is 4. The molecule has 0 saturated heterocycles. The van der Waals surface area contributed by atoms with E-state index in [-0.39, 0.29) is 11.2 Å². The summed E-state index contributed by atoms with van der Waals surface area (Å²) in [5.41, 5.74) is 1.51. The van der Waals surface area contributed by atoms with Crippen molar-refractivity contribution in [2.75, 3.05) is 5.32 Å². The summed E-state index contributed by atoms with van der Waals surface area (Å²) in [4.78, 5) is 25.1. The molecule has 0 radical (unpaired) electrons. The minimum absolute atomic E-state index is 0.0623. The third-order valence-electron chi connectivity index (χ3n) is 6.18. The van der Waals surface area contributed by atoms with Gasteiger partial charge in [-0.25, -0.2) is 8.78 Å². The summed E-state index contributed by atoms with van der Waals surface area (Å²) in [6.45, 7) is 11.2. The lowest BCUT2D eigenvalue weighted by molar-refractivity contribution is -0.132. The summed E-state index contributed by atoms with van der Waals surface area (Å²) >= 11 is 0. The number of amides is 2. The third-order valence-corrected chi connectivity index (χ3v) is 6.18. The van der Waals surface area contributed by atoms with Gasteiger partial charge >= 0.3 is 0 Å². The molecule has 0 fully saturated rings.